The highest BCUT2D eigenvalue weighted by Crippen LogP contribution is 2.33. The molecule has 0 aliphatic carbocycles. The topological polar surface area (TPSA) is 502 Å². The van der Waals surface area contributed by atoms with E-state index in [1.54, 1.807) is 18.3 Å². The number of carboxylic acids is 1. The van der Waals surface area contributed by atoms with Crippen LogP contribution in [0.15, 0.2) is 97.5 Å². The number of Topliss-reactive ketones (excluding diaryl/α,β-unsaturated/α-hetero) is 4. The number of ether oxygens (including phenoxy) is 1. The first-order valence-corrected chi connectivity index (χ1v) is 37.1. The molecule has 111 heavy (non-hydrogen) atoms. The number of carbonyl (C=O) groups excluding carboxylic acids is 11. The van der Waals surface area contributed by atoms with E-state index >= 15 is 4.39 Å². The number of imidazole rings is 1. The average Bonchev–Trinajstić information content (AvgIpc) is 1.23. The summed E-state index contributed by atoms with van der Waals surface area (Å²) in [5.41, 5.74) is 14.7. The number of unbranched alkanes of at least 4 members (excludes halogenated alkanes) is 1. The van der Waals surface area contributed by atoms with Gasteiger partial charge in [0, 0.05) is 69.3 Å². The van der Waals surface area contributed by atoms with E-state index in [0.717, 1.165) is 71.8 Å². The van der Waals surface area contributed by atoms with E-state index in [9.17, 15) is 78.0 Å². The summed E-state index contributed by atoms with van der Waals surface area (Å²) in [7, 11) is 0. The maximum absolute atomic E-state index is 15.6. The van der Waals surface area contributed by atoms with Gasteiger partial charge in [-0.3, -0.25) is 57.5 Å². The number of tetrazole rings is 1. The summed E-state index contributed by atoms with van der Waals surface area (Å²) < 4.78 is 21.5. The Balaban J connectivity index is 1.17. The number of nitrogens with one attached hydrogen (secondary N) is 8. The lowest BCUT2D eigenvalue weighted by molar-refractivity contribution is -0.143. The first-order chi connectivity index (χ1) is 52.6. The number of hydrogen-bond donors (Lipinski definition) is 14. The van der Waals surface area contributed by atoms with Crippen molar-refractivity contribution >= 4 is 70.5 Å². The lowest BCUT2D eigenvalue weighted by Crippen LogP contribution is -2.55. The van der Waals surface area contributed by atoms with Crippen molar-refractivity contribution in [2.75, 3.05) is 26.3 Å². The summed E-state index contributed by atoms with van der Waals surface area (Å²) in [5.74, 6) is -15.2. The summed E-state index contributed by atoms with van der Waals surface area (Å²) in [6.45, 7) is 12.1. The molecular formula is C79H105FN14O17. The number of aliphatic carboxylic acids is 1. The average molecular weight is 1540 g/mol. The van der Waals surface area contributed by atoms with Crippen molar-refractivity contribution in [2.24, 2.45) is 34.1 Å². The number of nitrogens with zero attached hydrogens (tertiary/aromatic N) is 4. The van der Waals surface area contributed by atoms with Gasteiger partial charge in [-0.25, -0.2) is 9.37 Å². The van der Waals surface area contributed by atoms with Crippen LogP contribution < -0.4 is 48.1 Å². The second-order valence-corrected chi connectivity index (χ2v) is 29.0. The third kappa shape index (κ3) is 27.6. The largest absolute Gasteiger partial charge is 0.494 e. The second kappa shape index (κ2) is 43.0. The number of halogens is 1. The van der Waals surface area contributed by atoms with Crippen molar-refractivity contribution in [3.05, 3.63) is 148 Å². The van der Waals surface area contributed by atoms with Gasteiger partial charge in [-0.15, -0.1) is 10.2 Å². The van der Waals surface area contributed by atoms with Crippen LogP contribution in [0.5, 0.6) is 5.75 Å². The maximum atomic E-state index is 15.6. The van der Waals surface area contributed by atoms with Crippen molar-refractivity contribution in [1.82, 2.24) is 62.5 Å². The number of ketones is 4. The van der Waals surface area contributed by atoms with Crippen molar-refractivity contribution in [1.29, 1.82) is 0 Å². The Kier molecular flexibility index (Phi) is 34.5. The fraction of sp³-hybridized carbons (Fsp3) is 0.494. The number of aromatic amines is 2. The molecule has 10 atom stereocenters. The number of rotatable bonds is 49. The number of aryl methyl sites for hydroxylation is 4. The quantitative estimate of drug-likeness (QED) is 0.0193. The van der Waals surface area contributed by atoms with E-state index in [0.29, 0.717) is 50.1 Å². The van der Waals surface area contributed by atoms with Crippen LogP contribution in [0.4, 0.5) is 4.39 Å². The zero-order chi connectivity index (χ0) is 81.7. The highest BCUT2D eigenvalue weighted by Gasteiger charge is 2.44. The number of carbonyl (C=O) groups is 12. The van der Waals surface area contributed by atoms with Gasteiger partial charge in [0.15, 0.2) is 29.0 Å². The van der Waals surface area contributed by atoms with E-state index in [4.69, 9.17) is 16.2 Å². The molecule has 32 heteroatoms. The van der Waals surface area contributed by atoms with E-state index in [1.165, 1.54) is 45.3 Å². The molecule has 0 fully saturated rings. The van der Waals surface area contributed by atoms with Gasteiger partial charge in [-0.2, -0.15) is 5.21 Å². The highest BCUT2D eigenvalue weighted by atomic mass is 19.1. The zero-order valence-corrected chi connectivity index (χ0v) is 64.0. The number of nitrogens with two attached hydrogens (primary N) is 2. The molecule has 6 rings (SSSR count). The number of carboxylic acid groups (broad SMARTS) is 1. The van der Waals surface area contributed by atoms with E-state index in [2.05, 4.69) is 62.5 Å². The third-order valence-corrected chi connectivity index (χ3v) is 19.3. The van der Waals surface area contributed by atoms with Gasteiger partial charge >= 0.3 is 5.97 Å². The predicted octanol–water partition coefficient (Wildman–Crippen LogP) is 3.07. The summed E-state index contributed by atoms with van der Waals surface area (Å²) in [5, 5.41) is 71.5. The molecule has 2 heterocycles. The summed E-state index contributed by atoms with van der Waals surface area (Å²) >= 11 is 0. The Morgan fingerprint density at radius 1 is 0.667 bits per heavy atom. The van der Waals surface area contributed by atoms with Crippen molar-refractivity contribution in [3.8, 4) is 16.9 Å². The predicted molar refractivity (Wildman–Crippen MR) is 404 cm³/mol. The van der Waals surface area contributed by atoms with Crippen molar-refractivity contribution < 1.29 is 87.1 Å². The minimum atomic E-state index is -2.10. The fourth-order valence-electron chi connectivity index (χ4n) is 12.8. The summed E-state index contributed by atoms with van der Waals surface area (Å²) in [6, 6.07) is 15.9. The molecule has 0 saturated heterocycles. The number of aliphatic hydroxyl groups is 3. The molecule has 600 valence electrons. The maximum Gasteiger partial charge on any atom is 0.305 e. The molecular weight excluding hydrogens is 1440 g/mol. The number of aromatic nitrogens is 6. The van der Waals surface area contributed by atoms with Crippen LogP contribution in [0.2, 0.25) is 0 Å². The molecule has 0 aliphatic rings. The Morgan fingerprint density at radius 2 is 1.33 bits per heavy atom. The highest BCUT2D eigenvalue weighted by molar-refractivity contribution is 6.06. The first kappa shape index (κ1) is 89.1. The molecule has 6 aromatic rings. The number of benzene rings is 4. The van der Waals surface area contributed by atoms with Crippen LogP contribution in [-0.4, -0.2) is 190 Å². The van der Waals surface area contributed by atoms with Gasteiger partial charge in [0.2, 0.25) is 41.4 Å². The van der Waals surface area contributed by atoms with Crippen LogP contribution >= 0.6 is 0 Å². The van der Waals surface area contributed by atoms with Gasteiger partial charge < -0.3 is 73.5 Å². The SMILES string of the molecule is CCc1cc(OCCCCN)ccc1-c1ccc(C[C@H](CC(=O)[C@H](CC(=O)O)NC(=O)[C@H](CO)CC(=O)[C@@H](NC(=O)[C@@](C)(CC(=O)[C@@H](NC(=O)CCC(=O)[C@H](Cc2nn[nH]n2)NC(=O)C(C)(C)C(=O)NCCc2cnc[nH]2)[C@@H](C)O)Cc2ccccc2F)[C@@H](C)O)C(=O)N[C@@H](CCCc2cc(C)cc(C)c2)C(N)=O)cc1. The molecule has 16 N–H and O–H groups in total. The number of amides is 7. The third-order valence-electron chi connectivity index (χ3n) is 19.3. The van der Waals surface area contributed by atoms with Crippen LogP contribution in [-0.2, 0) is 96.1 Å². The monoisotopic (exact) mass is 1540 g/mol. The second-order valence-electron chi connectivity index (χ2n) is 29.0. The zero-order valence-electron chi connectivity index (χ0n) is 64.0. The van der Waals surface area contributed by atoms with Crippen LogP contribution in [0.25, 0.3) is 11.1 Å². The molecule has 0 radical (unpaired) electrons. The molecule has 0 bridgehead atoms. The van der Waals surface area contributed by atoms with E-state index in [-0.39, 0.29) is 37.2 Å². The lowest BCUT2D eigenvalue weighted by Gasteiger charge is -2.33. The van der Waals surface area contributed by atoms with Gasteiger partial charge in [0.1, 0.15) is 35.1 Å². The van der Waals surface area contributed by atoms with Crippen LogP contribution in [0, 0.1) is 42.3 Å². The summed E-state index contributed by atoms with van der Waals surface area (Å²) in [6.07, 6.45) is -2.62. The smallest absolute Gasteiger partial charge is 0.305 e. The van der Waals surface area contributed by atoms with Gasteiger partial charge in [0.25, 0.3) is 0 Å². The molecule has 2 aromatic heterocycles. The molecule has 0 spiro atoms. The first-order valence-electron chi connectivity index (χ1n) is 37.1. The molecule has 0 aliphatic heterocycles. The van der Waals surface area contributed by atoms with Crippen LogP contribution in [0.3, 0.4) is 0 Å². The Labute approximate surface area is 643 Å². The Morgan fingerprint density at radius 3 is 1.95 bits per heavy atom. The van der Waals surface area contributed by atoms with Gasteiger partial charge in [0.05, 0.1) is 61.6 Å². The minimum Gasteiger partial charge on any atom is -0.494 e. The van der Waals surface area contributed by atoms with Gasteiger partial charge in [-0.1, -0.05) is 96.9 Å². The summed E-state index contributed by atoms with van der Waals surface area (Å²) in [4.78, 5) is 174. The molecule has 0 unspecified atom stereocenters. The number of H-pyrrole nitrogens is 2. The molecule has 31 nitrogen and oxygen atoms in total. The lowest BCUT2D eigenvalue weighted by atomic mass is 9.76. The van der Waals surface area contributed by atoms with E-state index < -0.39 is 193 Å². The number of aliphatic hydroxyl groups excluding tert-OH is 3. The molecule has 7 amide bonds. The van der Waals surface area contributed by atoms with Crippen molar-refractivity contribution in [3.63, 3.8) is 0 Å². The van der Waals surface area contributed by atoms with E-state index in [1.807, 2.05) is 69.3 Å². The molecule has 4 aromatic carbocycles. The van der Waals surface area contributed by atoms with Crippen LogP contribution in [0.1, 0.15) is 151 Å². The van der Waals surface area contributed by atoms with Crippen molar-refractivity contribution in [2.45, 2.75) is 201 Å². The Bertz CT molecular complexity index is 4150. The minimum absolute atomic E-state index is 0.0115. The normalized spacial score (nSPS) is 14.4. The molecule has 0 saturated carbocycles. The fourth-order valence-corrected chi connectivity index (χ4v) is 12.8. The number of primary amides is 1. The standard InChI is InChI=1S/C79H105FN14O17/c1-9-51-35-57(111-30-13-12-28-81)23-24-58(51)52-21-19-49(20-22-52)34-54(73(106)86-60(72(82)105)18-14-15-50-32-45(2)31-46(3)33-50)36-64(99)62(39-69(103)104)87-74(107)55(43-95)37-65(100)70(47(4)96)90-77(110)79(8,40-53-16-10-11-17-59(53)80)41-66(101)71(48(5)97)89-68(102)26-25-63(98)61(38-67-91-93-94-92-67)88-76(109)78(6,7)75(108)84-29-27-56-42-83-44-85-56/h10-11,16-17,19-24,31-33,35,42,44,47-48,54-55,60-62,70-71,95-97H,9,12-15,18,25-30,34,36-41,43,81H2,1-8H3,(H2,82,105)(H,83,85)(H,84,108)(H,86,106)(H,87,107)(H,88,109)(H,89,102)(H,90,110)(H,103,104)(H,91,92,93,94)/t47-,48-,54-,55+,60+,61+,62+,70+,71+,79-/m1/s1. The number of hydrogen-bond acceptors (Lipinski definition) is 21. The van der Waals surface area contributed by atoms with Gasteiger partial charge in [-0.05, 0) is 151 Å². The Hall–Kier alpha value is -10.8.